The summed E-state index contributed by atoms with van der Waals surface area (Å²) >= 11 is 0. The van der Waals surface area contributed by atoms with Crippen molar-refractivity contribution in [1.29, 1.82) is 0 Å². The van der Waals surface area contributed by atoms with Gasteiger partial charge in [0.15, 0.2) is 5.75 Å². The molecule has 0 unspecified atom stereocenters. The highest BCUT2D eigenvalue weighted by atomic mass is 19.4. The number of fused-ring (bicyclic) bond motifs is 1. The van der Waals surface area contributed by atoms with Gasteiger partial charge in [0, 0.05) is 18.3 Å². The van der Waals surface area contributed by atoms with Gasteiger partial charge in [-0.15, -0.1) is 13.2 Å². The first-order valence-electron chi connectivity index (χ1n) is 12.1. The normalized spacial score (nSPS) is 12.6. The molecule has 41 heavy (non-hydrogen) atoms. The van der Waals surface area contributed by atoms with E-state index < -0.39 is 41.4 Å². The number of nitrogens with zero attached hydrogens (tertiary/aromatic N) is 3. The molecule has 0 fully saturated rings. The van der Waals surface area contributed by atoms with Crippen LogP contribution in [-0.2, 0) is 16.1 Å². The third-order valence-corrected chi connectivity index (χ3v) is 5.70. The van der Waals surface area contributed by atoms with E-state index >= 15 is 0 Å². The van der Waals surface area contributed by atoms with E-state index in [0.717, 1.165) is 17.0 Å². The van der Waals surface area contributed by atoms with Crippen molar-refractivity contribution in [2.45, 2.75) is 26.3 Å². The third-order valence-electron chi connectivity index (χ3n) is 5.70. The maximum atomic E-state index is 13.0. The molecule has 12 nitrogen and oxygen atoms in total. The number of benzene rings is 2. The zero-order valence-corrected chi connectivity index (χ0v) is 21.3. The van der Waals surface area contributed by atoms with E-state index in [1.807, 2.05) is 0 Å². The molecule has 0 aliphatic carbocycles. The molecule has 0 saturated heterocycles. The summed E-state index contributed by atoms with van der Waals surface area (Å²) in [7, 11) is 0. The fourth-order valence-electron chi connectivity index (χ4n) is 3.89. The van der Waals surface area contributed by atoms with Crippen LogP contribution in [0.1, 0.15) is 50.0 Å². The number of alkyl halides is 3. The van der Waals surface area contributed by atoms with Crippen LogP contribution in [0.25, 0.3) is 0 Å². The average molecular weight is 573 g/mol. The van der Waals surface area contributed by atoms with Crippen LogP contribution in [0.4, 0.5) is 30.6 Å². The van der Waals surface area contributed by atoms with E-state index in [1.165, 1.54) is 18.3 Å². The molecule has 2 heterocycles. The number of hydrogen-bond donors (Lipinski definition) is 3. The van der Waals surface area contributed by atoms with E-state index in [2.05, 4.69) is 25.3 Å². The summed E-state index contributed by atoms with van der Waals surface area (Å²) in [5.74, 6) is -4.02. The Morgan fingerprint density at radius 2 is 1.76 bits per heavy atom. The Balaban J connectivity index is 1.63. The first-order chi connectivity index (χ1) is 19.5. The molecule has 1 aliphatic heterocycles. The van der Waals surface area contributed by atoms with Gasteiger partial charge in [-0.05, 0) is 37.3 Å². The van der Waals surface area contributed by atoms with Gasteiger partial charge in [0.1, 0.15) is 5.82 Å². The number of nitrogens with one attached hydrogen (secondary N) is 2. The van der Waals surface area contributed by atoms with E-state index in [0.29, 0.717) is 6.07 Å². The molecule has 1 aromatic heterocycles. The van der Waals surface area contributed by atoms with Crippen LogP contribution in [0.15, 0.2) is 48.7 Å². The van der Waals surface area contributed by atoms with Gasteiger partial charge in [-0.2, -0.15) is 4.98 Å². The Kier molecular flexibility index (Phi) is 8.35. The van der Waals surface area contributed by atoms with Gasteiger partial charge in [-0.1, -0.05) is 12.1 Å². The molecule has 0 bridgehead atoms. The number of esters is 1. The number of aromatic carboxylic acids is 1. The Morgan fingerprint density at radius 3 is 2.37 bits per heavy atom. The molecule has 3 aromatic rings. The van der Waals surface area contributed by atoms with Crippen LogP contribution < -0.4 is 15.4 Å². The van der Waals surface area contributed by atoms with Gasteiger partial charge < -0.3 is 25.2 Å². The summed E-state index contributed by atoms with van der Waals surface area (Å²) in [6, 6.07) is 9.09. The highest BCUT2D eigenvalue weighted by Gasteiger charge is 2.36. The van der Waals surface area contributed by atoms with Crippen LogP contribution >= 0.6 is 0 Å². The van der Waals surface area contributed by atoms with Crippen molar-refractivity contribution >= 4 is 41.2 Å². The van der Waals surface area contributed by atoms with Crippen molar-refractivity contribution in [3.05, 3.63) is 70.9 Å². The quantitative estimate of drug-likeness (QED) is 0.225. The summed E-state index contributed by atoms with van der Waals surface area (Å²) in [6.45, 7) is 1.60. The van der Waals surface area contributed by atoms with E-state index in [4.69, 9.17) is 9.84 Å². The maximum absolute atomic E-state index is 13.0. The van der Waals surface area contributed by atoms with Crippen LogP contribution in [-0.4, -0.2) is 63.2 Å². The van der Waals surface area contributed by atoms with Crippen molar-refractivity contribution < 1.29 is 46.9 Å². The Bertz CT molecular complexity index is 1480. The smallest absolute Gasteiger partial charge is 0.478 e. The predicted octanol–water partition coefficient (Wildman–Crippen LogP) is 3.98. The van der Waals surface area contributed by atoms with Crippen LogP contribution in [0.2, 0.25) is 0 Å². The highest BCUT2D eigenvalue weighted by molar-refractivity contribution is 6.21. The van der Waals surface area contributed by atoms with Crippen molar-refractivity contribution in [2.24, 2.45) is 0 Å². The Morgan fingerprint density at radius 1 is 1.07 bits per heavy atom. The first-order valence-corrected chi connectivity index (χ1v) is 12.1. The number of carboxylic acid groups (broad SMARTS) is 1. The molecule has 2 aromatic carbocycles. The van der Waals surface area contributed by atoms with Crippen LogP contribution in [0.3, 0.4) is 0 Å². The minimum atomic E-state index is -5.12. The number of amides is 2. The minimum Gasteiger partial charge on any atom is -0.478 e. The molecule has 2 amide bonds. The number of halogens is 3. The lowest BCUT2D eigenvalue weighted by Crippen LogP contribution is -2.30. The number of carboxylic acids is 1. The van der Waals surface area contributed by atoms with E-state index in [-0.39, 0.29) is 60.3 Å². The monoisotopic (exact) mass is 573 g/mol. The molecule has 1 aliphatic rings. The van der Waals surface area contributed by atoms with E-state index in [9.17, 15) is 32.3 Å². The van der Waals surface area contributed by atoms with Gasteiger partial charge in [0.2, 0.25) is 5.95 Å². The molecular formula is C26H22F3N5O7. The SMILES string of the molecule is CCOC(=O)CCNc1nc(Nc2ccc(C(=O)O)cc2OC(F)(F)F)ncc1CN1C(=O)c2ccccc2C1=O. The number of ether oxygens (including phenoxy) is 2. The molecule has 0 spiro atoms. The molecule has 0 radical (unpaired) electrons. The summed E-state index contributed by atoms with van der Waals surface area (Å²) in [5.41, 5.74) is -0.0146. The van der Waals surface area contributed by atoms with Gasteiger partial charge in [0.05, 0.1) is 42.0 Å². The maximum Gasteiger partial charge on any atom is 0.573 e. The predicted molar refractivity (Wildman–Crippen MR) is 136 cm³/mol. The molecule has 4 rings (SSSR count). The van der Waals surface area contributed by atoms with Gasteiger partial charge >= 0.3 is 18.3 Å². The summed E-state index contributed by atoms with van der Waals surface area (Å²) in [4.78, 5) is 58.1. The number of anilines is 3. The Hall–Kier alpha value is -5.21. The molecule has 0 saturated carbocycles. The number of imide groups is 1. The number of rotatable bonds is 11. The zero-order chi connectivity index (χ0) is 29.7. The Labute approximate surface area is 230 Å². The van der Waals surface area contributed by atoms with Crippen molar-refractivity contribution in [3.8, 4) is 5.75 Å². The lowest BCUT2D eigenvalue weighted by Gasteiger charge is -2.18. The van der Waals surface area contributed by atoms with Crippen LogP contribution in [0.5, 0.6) is 5.75 Å². The largest absolute Gasteiger partial charge is 0.573 e. The number of carbonyl (C=O) groups is 4. The second-order valence-electron chi connectivity index (χ2n) is 8.48. The fraction of sp³-hybridized carbons (Fsp3) is 0.231. The van der Waals surface area contributed by atoms with E-state index in [1.54, 1.807) is 19.1 Å². The fourth-order valence-corrected chi connectivity index (χ4v) is 3.89. The second kappa shape index (κ2) is 11.9. The zero-order valence-electron chi connectivity index (χ0n) is 21.3. The molecule has 214 valence electrons. The highest BCUT2D eigenvalue weighted by Crippen LogP contribution is 2.33. The molecular weight excluding hydrogens is 551 g/mol. The summed E-state index contributed by atoms with van der Waals surface area (Å²) < 4.78 is 47.8. The number of carbonyl (C=O) groups excluding carboxylic acids is 3. The summed E-state index contributed by atoms with van der Waals surface area (Å²) in [6.07, 6.45) is -3.93. The van der Waals surface area contributed by atoms with Crippen molar-refractivity contribution in [3.63, 3.8) is 0 Å². The third kappa shape index (κ3) is 6.87. The second-order valence-corrected chi connectivity index (χ2v) is 8.48. The van der Waals surface area contributed by atoms with Crippen molar-refractivity contribution in [1.82, 2.24) is 14.9 Å². The molecule has 3 N–H and O–H groups in total. The number of hydrogen-bond acceptors (Lipinski definition) is 10. The standard InChI is InChI=1S/C26H22F3N5O7/c1-2-40-20(35)9-10-30-21-15(13-34-22(36)16-5-3-4-6-17(16)23(34)37)12-31-25(33-21)32-18-8-7-14(24(38)39)11-19(18)41-26(27,28)29/h3-8,11-12H,2,9-10,13H2,1H3,(H,38,39)(H2,30,31,32,33). The molecule has 0 atom stereocenters. The van der Waals surface area contributed by atoms with Crippen molar-refractivity contribution in [2.75, 3.05) is 23.8 Å². The lowest BCUT2D eigenvalue weighted by atomic mass is 10.1. The van der Waals surface area contributed by atoms with Gasteiger partial charge in [-0.25, -0.2) is 9.78 Å². The average Bonchev–Trinajstić information content (AvgIpc) is 3.15. The summed E-state index contributed by atoms with van der Waals surface area (Å²) in [5, 5.41) is 14.6. The van der Waals surface area contributed by atoms with Gasteiger partial charge in [-0.3, -0.25) is 19.3 Å². The molecule has 15 heteroatoms. The first kappa shape index (κ1) is 28.8. The van der Waals surface area contributed by atoms with Gasteiger partial charge in [0.25, 0.3) is 11.8 Å². The lowest BCUT2D eigenvalue weighted by molar-refractivity contribution is -0.274. The topological polar surface area (TPSA) is 160 Å². The minimum absolute atomic E-state index is 0.0279. The van der Waals surface area contributed by atoms with Crippen LogP contribution in [0, 0.1) is 0 Å². The number of aromatic nitrogens is 2.